The highest BCUT2D eigenvalue weighted by atomic mass is 35.5. The Morgan fingerprint density at radius 1 is 1.06 bits per heavy atom. The van der Waals surface area contributed by atoms with Gasteiger partial charge < -0.3 is 14.8 Å². The Balaban J connectivity index is 1.39. The van der Waals surface area contributed by atoms with Crippen molar-refractivity contribution in [2.45, 2.75) is 18.2 Å². The summed E-state index contributed by atoms with van der Waals surface area (Å²) in [5, 5.41) is 3.30. The second kappa shape index (κ2) is 9.79. The van der Waals surface area contributed by atoms with E-state index in [1.807, 2.05) is 48.5 Å². The van der Waals surface area contributed by atoms with Gasteiger partial charge in [0.25, 0.3) is 0 Å². The number of aliphatic imine (C=N–C) groups is 1. The molecule has 2 amide bonds. The lowest BCUT2D eigenvalue weighted by atomic mass is 10.1. The first-order chi connectivity index (χ1) is 16.5. The van der Waals surface area contributed by atoms with Crippen molar-refractivity contribution in [1.82, 2.24) is 4.90 Å². The second-order valence-corrected chi connectivity index (χ2v) is 9.31. The lowest BCUT2D eigenvalue weighted by Gasteiger charge is -2.32. The predicted molar refractivity (Wildman–Crippen MR) is 133 cm³/mol. The van der Waals surface area contributed by atoms with E-state index in [1.54, 1.807) is 29.2 Å². The van der Waals surface area contributed by atoms with Crippen LogP contribution in [-0.4, -0.2) is 33.9 Å². The van der Waals surface area contributed by atoms with Gasteiger partial charge in [-0.05, 0) is 54.1 Å². The van der Waals surface area contributed by atoms with Gasteiger partial charge in [0.1, 0.15) is 5.25 Å². The van der Waals surface area contributed by atoms with E-state index < -0.39 is 5.25 Å². The number of benzene rings is 3. The average molecular weight is 494 g/mol. The van der Waals surface area contributed by atoms with Crippen molar-refractivity contribution in [3.63, 3.8) is 0 Å². The predicted octanol–water partition coefficient (Wildman–Crippen LogP) is 5.23. The van der Waals surface area contributed by atoms with Crippen LogP contribution in [0.4, 0.5) is 11.4 Å². The summed E-state index contributed by atoms with van der Waals surface area (Å²) in [6, 6.07) is 21.8. The Kier molecular flexibility index (Phi) is 6.42. The molecular weight excluding hydrogens is 474 g/mol. The smallest absolute Gasteiger partial charge is 0.238 e. The molecule has 3 aromatic rings. The van der Waals surface area contributed by atoms with E-state index in [2.05, 4.69) is 5.32 Å². The number of halogens is 1. The molecule has 1 fully saturated rings. The van der Waals surface area contributed by atoms with Gasteiger partial charge in [-0.3, -0.25) is 14.5 Å². The third-order valence-electron chi connectivity index (χ3n) is 5.30. The lowest BCUT2D eigenvalue weighted by Crippen LogP contribution is -2.44. The van der Waals surface area contributed by atoms with Crippen LogP contribution in [0.25, 0.3) is 0 Å². The highest BCUT2D eigenvalue weighted by molar-refractivity contribution is 8.15. The molecule has 0 bridgehead atoms. The molecule has 34 heavy (non-hydrogen) atoms. The van der Waals surface area contributed by atoms with Gasteiger partial charge >= 0.3 is 0 Å². The number of amides is 2. The molecule has 9 heteroatoms. The molecule has 0 unspecified atom stereocenters. The van der Waals surface area contributed by atoms with Crippen LogP contribution in [0.15, 0.2) is 77.8 Å². The summed E-state index contributed by atoms with van der Waals surface area (Å²) < 4.78 is 10.8. The molecule has 2 aliphatic heterocycles. The third kappa shape index (κ3) is 5.03. The number of amidine groups is 1. The van der Waals surface area contributed by atoms with E-state index >= 15 is 0 Å². The third-order valence-corrected chi connectivity index (χ3v) is 6.74. The van der Waals surface area contributed by atoms with Crippen molar-refractivity contribution in [2.75, 3.05) is 12.1 Å². The number of nitrogens with one attached hydrogen (secondary N) is 1. The topological polar surface area (TPSA) is 80.2 Å². The summed E-state index contributed by atoms with van der Waals surface area (Å²) in [6.07, 6.45) is 0.0580. The molecule has 172 valence electrons. The number of anilines is 1. The number of fused-ring (bicyclic) bond motifs is 1. The summed E-state index contributed by atoms with van der Waals surface area (Å²) >= 11 is 7.20. The van der Waals surface area contributed by atoms with Crippen LogP contribution >= 0.6 is 23.4 Å². The molecule has 0 aromatic heterocycles. The molecule has 2 aliphatic rings. The molecule has 3 aromatic carbocycles. The van der Waals surface area contributed by atoms with Crippen molar-refractivity contribution in [2.24, 2.45) is 4.99 Å². The first-order valence-corrected chi connectivity index (χ1v) is 11.9. The standard InChI is InChI=1S/C25H20ClN3O4S/c26-17-7-9-19(10-8-17)27-24(31)22-13-23(30)29(25(34-22)28-18-4-2-1-3-5-18)14-16-6-11-20-21(12-16)33-15-32-20/h1-12,22H,13-15H2,(H,27,31)/t22-/m1/s1. The minimum absolute atomic E-state index is 0.0580. The summed E-state index contributed by atoms with van der Waals surface area (Å²) in [4.78, 5) is 32.5. The van der Waals surface area contributed by atoms with E-state index in [1.165, 1.54) is 11.8 Å². The summed E-state index contributed by atoms with van der Waals surface area (Å²) in [5.74, 6) is 0.892. The number of ether oxygens (including phenoxy) is 2. The maximum Gasteiger partial charge on any atom is 0.238 e. The average Bonchev–Trinajstić information content (AvgIpc) is 3.31. The largest absolute Gasteiger partial charge is 0.454 e. The first-order valence-electron chi connectivity index (χ1n) is 10.6. The van der Waals surface area contributed by atoms with E-state index in [9.17, 15) is 9.59 Å². The summed E-state index contributed by atoms with van der Waals surface area (Å²) in [5.41, 5.74) is 2.20. The Morgan fingerprint density at radius 3 is 2.62 bits per heavy atom. The second-order valence-electron chi connectivity index (χ2n) is 7.70. The normalized spacial score (nSPS) is 18.3. The zero-order chi connectivity index (χ0) is 23.5. The highest BCUT2D eigenvalue weighted by Gasteiger charge is 2.36. The van der Waals surface area contributed by atoms with Gasteiger partial charge in [-0.1, -0.05) is 47.6 Å². The van der Waals surface area contributed by atoms with Gasteiger partial charge in [0.2, 0.25) is 18.6 Å². The van der Waals surface area contributed by atoms with Crippen LogP contribution in [-0.2, 0) is 16.1 Å². The number of para-hydroxylation sites is 1. The van der Waals surface area contributed by atoms with Crippen LogP contribution in [0.3, 0.4) is 0 Å². The van der Waals surface area contributed by atoms with Crippen LogP contribution in [0.1, 0.15) is 12.0 Å². The number of hydrogen-bond donors (Lipinski definition) is 1. The fraction of sp³-hybridized carbons (Fsp3) is 0.160. The Morgan fingerprint density at radius 2 is 1.82 bits per heavy atom. The van der Waals surface area contributed by atoms with Gasteiger partial charge in [-0.15, -0.1) is 0 Å². The van der Waals surface area contributed by atoms with Crippen molar-refractivity contribution < 1.29 is 19.1 Å². The highest BCUT2D eigenvalue weighted by Crippen LogP contribution is 2.35. The maximum absolute atomic E-state index is 13.2. The molecule has 0 radical (unpaired) electrons. The van der Waals surface area contributed by atoms with E-state index in [0.717, 1.165) is 5.56 Å². The fourth-order valence-corrected chi connectivity index (χ4v) is 4.81. The van der Waals surface area contributed by atoms with Gasteiger partial charge in [0.05, 0.1) is 12.2 Å². The van der Waals surface area contributed by atoms with Gasteiger partial charge in [-0.2, -0.15) is 0 Å². The van der Waals surface area contributed by atoms with E-state index in [0.29, 0.717) is 39.6 Å². The fourth-order valence-electron chi connectivity index (χ4n) is 3.59. The Labute approximate surface area is 205 Å². The number of nitrogens with zero attached hydrogens (tertiary/aromatic N) is 2. The zero-order valence-electron chi connectivity index (χ0n) is 17.9. The van der Waals surface area contributed by atoms with Crippen molar-refractivity contribution in [1.29, 1.82) is 0 Å². The van der Waals surface area contributed by atoms with Crippen LogP contribution in [0.2, 0.25) is 5.02 Å². The molecule has 0 aliphatic carbocycles. The van der Waals surface area contributed by atoms with Crippen molar-refractivity contribution in [3.8, 4) is 11.5 Å². The number of carbonyl (C=O) groups is 2. The van der Waals surface area contributed by atoms with Gasteiger partial charge in [-0.25, -0.2) is 4.99 Å². The molecule has 1 atom stereocenters. The monoisotopic (exact) mass is 493 g/mol. The molecular formula is C25H20ClN3O4S. The molecule has 0 spiro atoms. The first kappa shape index (κ1) is 22.3. The minimum Gasteiger partial charge on any atom is -0.454 e. The van der Waals surface area contributed by atoms with Gasteiger partial charge in [0, 0.05) is 17.1 Å². The van der Waals surface area contributed by atoms with Crippen LogP contribution in [0, 0.1) is 0 Å². The molecule has 0 saturated carbocycles. The Hall–Kier alpha value is -3.49. The number of hydrogen-bond acceptors (Lipinski definition) is 6. The SMILES string of the molecule is O=C(Nc1ccc(Cl)cc1)[C@H]1CC(=O)N(Cc2ccc3c(c2)OCO3)C(=Nc2ccccc2)S1. The summed E-state index contributed by atoms with van der Waals surface area (Å²) in [6.45, 7) is 0.488. The minimum atomic E-state index is -0.612. The molecule has 5 rings (SSSR count). The number of carbonyl (C=O) groups excluding carboxylic acids is 2. The molecule has 2 heterocycles. The van der Waals surface area contributed by atoms with Crippen LogP contribution < -0.4 is 14.8 Å². The van der Waals surface area contributed by atoms with Crippen molar-refractivity contribution in [3.05, 3.63) is 83.4 Å². The van der Waals surface area contributed by atoms with E-state index in [4.69, 9.17) is 26.1 Å². The summed E-state index contributed by atoms with van der Waals surface area (Å²) in [7, 11) is 0. The zero-order valence-corrected chi connectivity index (χ0v) is 19.5. The number of thioether (sulfide) groups is 1. The molecule has 7 nitrogen and oxygen atoms in total. The Bertz CT molecular complexity index is 1250. The maximum atomic E-state index is 13.2. The molecule has 1 saturated heterocycles. The lowest BCUT2D eigenvalue weighted by molar-refractivity contribution is -0.129. The van der Waals surface area contributed by atoms with E-state index in [-0.39, 0.29) is 25.0 Å². The number of rotatable bonds is 5. The van der Waals surface area contributed by atoms with Gasteiger partial charge in [0.15, 0.2) is 16.7 Å². The van der Waals surface area contributed by atoms with Crippen LogP contribution in [0.5, 0.6) is 11.5 Å². The quantitative estimate of drug-likeness (QED) is 0.526. The van der Waals surface area contributed by atoms with Crippen molar-refractivity contribution >= 4 is 51.7 Å². The molecule has 1 N–H and O–H groups in total.